The zero-order valence-corrected chi connectivity index (χ0v) is 10.3. The van der Waals surface area contributed by atoms with Crippen molar-refractivity contribution >= 4 is 21.9 Å². The van der Waals surface area contributed by atoms with E-state index in [0.717, 1.165) is 12.1 Å². The van der Waals surface area contributed by atoms with Crippen molar-refractivity contribution < 1.29 is 27.4 Å². The van der Waals surface area contributed by atoms with Crippen LogP contribution in [0.5, 0.6) is 5.75 Å². The van der Waals surface area contributed by atoms with Crippen LogP contribution >= 0.6 is 15.9 Å². The Bertz CT molecular complexity index is 418. The molecule has 0 radical (unpaired) electrons. The summed E-state index contributed by atoms with van der Waals surface area (Å²) in [5, 5.41) is 0. The minimum atomic E-state index is -4.75. The Morgan fingerprint density at radius 3 is 2.59 bits per heavy atom. The molecule has 0 saturated heterocycles. The third-order valence-corrected chi connectivity index (χ3v) is 2.59. The van der Waals surface area contributed by atoms with Crippen molar-refractivity contribution in [3.8, 4) is 5.75 Å². The minimum absolute atomic E-state index is 0.133. The molecule has 7 heteroatoms. The summed E-state index contributed by atoms with van der Waals surface area (Å²) >= 11 is 3.12. The molecule has 17 heavy (non-hydrogen) atoms. The summed E-state index contributed by atoms with van der Waals surface area (Å²) in [7, 11) is 1.20. The Morgan fingerprint density at radius 2 is 2.06 bits per heavy atom. The van der Waals surface area contributed by atoms with Crippen LogP contribution in [0.25, 0.3) is 0 Å². The van der Waals surface area contributed by atoms with Gasteiger partial charge in [-0.1, -0.05) is 15.9 Å². The fourth-order valence-corrected chi connectivity index (χ4v) is 1.50. The van der Waals surface area contributed by atoms with E-state index in [9.17, 15) is 18.0 Å². The maximum absolute atomic E-state index is 12.0. The summed E-state index contributed by atoms with van der Waals surface area (Å²) in [5.74, 6) is -0.922. The lowest BCUT2D eigenvalue weighted by Crippen LogP contribution is -2.17. The average Bonchev–Trinajstić information content (AvgIpc) is 2.20. The summed E-state index contributed by atoms with van der Waals surface area (Å²) in [4.78, 5) is 11.0. The quantitative estimate of drug-likeness (QED) is 0.805. The van der Waals surface area contributed by atoms with Gasteiger partial charge in [-0.2, -0.15) is 0 Å². The molecule has 0 aliphatic heterocycles. The molecule has 1 aromatic carbocycles. The fourth-order valence-electron chi connectivity index (χ4n) is 1.11. The molecule has 3 nitrogen and oxygen atoms in total. The van der Waals surface area contributed by atoms with E-state index >= 15 is 0 Å². The highest BCUT2D eigenvalue weighted by Crippen LogP contribution is 2.27. The van der Waals surface area contributed by atoms with Crippen LogP contribution in [-0.4, -0.2) is 19.4 Å². The van der Waals surface area contributed by atoms with Crippen LogP contribution in [0.4, 0.5) is 13.2 Å². The van der Waals surface area contributed by atoms with Gasteiger partial charge in [-0.25, -0.2) is 0 Å². The standard InChI is InChI=1S/C10H8BrF3O3/c1-16-9(15)5-6-4-7(2-3-8(6)11)17-10(12,13)14/h2-4H,5H2,1H3. The van der Waals surface area contributed by atoms with E-state index in [4.69, 9.17) is 0 Å². The van der Waals surface area contributed by atoms with Crippen molar-refractivity contribution in [3.63, 3.8) is 0 Å². The normalized spacial score (nSPS) is 11.1. The smallest absolute Gasteiger partial charge is 0.469 e. The lowest BCUT2D eigenvalue weighted by molar-refractivity contribution is -0.274. The highest BCUT2D eigenvalue weighted by Gasteiger charge is 2.31. The summed E-state index contributed by atoms with van der Waals surface area (Å²) in [6, 6.07) is 3.66. The maximum Gasteiger partial charge on any atom is 0.573 e. The first-order valence-electron chi connectivity index (χ1n) is 4.43. The van der Waals surface area contributed by atoms with Crippen molar-refractivity contribution in [2.45, 2.75) is 12.8 Å². The number of alkyl halides is 3. The predicted molar refractivity (Wildman–Crippen MR) is 56.5 cm³/mol. The van der Waals surface area contributed by atoms with Crippen LogP contribution in [0, 0.1) is 0 Å². The summed E-state index contributed by atoms with van der Waals surface area (Å²) in [6.45, 7) is 0. The minimum Gasteiger partial charge on any atom is -0.469 e. The van der Waals surface area contributed by atoms with Crippen LogP contribution in [-0.2, 0) is 16.0 Å². The Morgan fingerprint density at radius 1 is 1.41 bits per heavy atom. The first kappa shape index (κ1) is 13.8. The van der Waals surface area contributed by atoms with E-state index in [-0.39, 0.29) is 12.2 Å². The summed E-state index contributed by atoms with van der Waals surface area (Å²) in [5.41, 5.74) is 0.360. The highest BCUT2D eigenvalue weighted by atomic mass is 79.9. The lowest BCUT2D eigenvalue weighted by atomic mass is 10.1. The van der Waals surface area contributed by atoms with Crippen LogP contribution in [0.15, 0.2) is 22.7 Å². The molecule has 1 aromatic rings. The second-order valence-electron chi connectivity index (χ2n) is 3.05. The average molecular weight is 313 g/mol. The maximum atomic E-state index is 12.0. The number of ether oxygens (including phenoxy) is 2. The van der Waals surface area contributed by atoms with E-state index in [1.54, 1.807) is 0 Å². The number of methoxy groups -OCH3 is 1. The molecule has 0 bridgehead atoms. The summed E-state index contributed by atoms with van der Waals surface area (Å²) in [6.07, 6.45) is -4.89. The Kier molecular flexibility index (Phi) is 4.39. The van der Waals surface area contributed by atoms with E-state index in [2.05, 4.69) is 25.4 Å². The molecular formula is C10H8BrF3O3. The number of carbonyl (C=O) groups excluding carboxylic acids is 1. The molecule has 0 atom stereocenters. The Labute approximate surface area is 104 Å². The molecule has 0 heterocycles. The third kappa shape index (κ3) is 4.64. The summed E-state index contributed by atoms with van der Waals surface area (Å²) < 4.78 is 44.6. The molecule has 0 spiro atoms. The van der Waals surface area contributed by atoms with Gasteiger partial charge in [0.05, 0.1) is 13.5 Å². The van der Waals surface area contributed by atoms with Gasteiger partial charge in [0, 0.05) is 4.47 Å². The lowest BCUT2D eigenvalue weighted by Gasteiger charge is -2.10. The number of hydrogen-bond acceptors (Lipinski definition) is 3. The zero-order valence-electron chi connectivity index (χ0n) is 8.68. The van der Waals surface area contributed by atoms with Gasteiger partial charge in [0.2, 0.25) is 0 Å². The number of hydrogen-bond donors (Lipinski definition) is 0. The molecule has 0 fully saturated rings. The van der Waals surface area contributed by atoms with Crippen molar-refractivity contribution in [3.05, 3.63) is 28.2 Å². The van der Waals surface area contributed by atoms with E-state index in [1.807, 2.05) is 0 Å². The number of esters is 1. The van der Waals surface area contributed by atoms with Gasteiger partial charge in [0.25, 0.3) is 0 Å². The van der Waals surface area contributed by atoms with Gasteiger partial charge in [0.15, 0.2) is 0 Å². The third-order valence-electron chi connectivity index (χ3n) is 1.81. The Hall–Kier alpha value is -1.24. The van der Waals surface area contributed by atoms with E-state index < -0.39 is 12.3 Å². The first-order chi connectivity index (χ1) is 7.81. The SMILES string of the molecule is COC(=O)Cc1cc(OC(F)(F)F)ccc1Br. The second kappa shape index (κ2) is 5.39. The van der Waals surface area contributed by atoms with Gasteiger partial charge in [-0.3, -0.25) is 4.79 Å². The number of halogens is 4. The molecule has 94 valence electrons. The van der Waals surface area contributed by atoms with Crippen LogP contribution < -0.4 is 4.74 Å². The molecule has 0 unspecified atom stereocenters. The van der Waals surface area contributed by atoms with Crippen LogP contribution in [0.3, 0.4) is 0 Å². The molecule has 0 N–H and O–H groups in total. The van der Waals surface area contributed by atoms with Gasteiger partial charge in [-0.05, 0) is 23.8 Å². The number of carbonyl (C=O) groups is 1. The molecular weight excluding hydrogens is 305 g/mol. The van der Waals surface area contributed by atoms with E-state index in [0.29, 0.717) is 10.0 Å². The molecule has 0 aliphatic rings. The van der Waals surface area contributed by atoms with Gasteiger partial charge >= 0.3 is 12.3 Å². The molecule has 1 rings (SSSR count). The molecule has 0 amide bonds. The first-order valence-corrected chi connectivity index (χ1v) is 5.22. The van der Waals surface area contributed by atoms with Crippen LogP contribution in [0.1, 0.15) is 5.56 Å². The van der Waals surface area contributed by atoms with Crippen LogP contribution in [0.2, 0.25) is 0 Å². The van der Waals surface area contributed by atoms with Gasteiger partial charge in [-0.15, -0.1) is 13.2 Å². The van der Waals surface area contributed by atoms with E-state index in [1.165, 1.54) is 13.2 Å². The van der Waals surface area contributed by atoms with Crippen molar-refractivity contribution in [2.24, 2.45) is 0 Å². The van der Waals surface area contributed by atoms with Crippen molar-refractivity contribution in [2.75, 3.05) is 7.11 Å². The van der Waals surface area contributed by atoms with Crippen molar-refractivity contribution in [1.29, 1.82) is 0 Å². The fraction of sp³-hybridized carbons (Fsp3) is 0.300. The molecule has 0 saturated carbocycles. The molecule has 0 aromatic heterocycles. The monoisotopic (exact) mass is 312 g/mol. The zero-order chi connectivity index (χ0) is 13.1. The number of benzene rings is 1. The predicted octanol–water partition coefficient (Wildman–Crippen LogP) is 3.06. The highest BCUT2D eigenvalue weighted by molar-refractivity contribution is 9.10. The van der Waals surface area contributed by atoms with Crippen molar-refractivity contribution in [1.82, 2.24) is 0 Å². The number of rotatable bonds is 3. The largest absolute Gasteiger partial charge is 0.573 e. The van der Waals surface area contributed by atoms with Gasteiger partial charge in [0.1, 0.15) is 5.75 Å². The molecule has 0 aliphatic carbocycles. The second-order valence-corrected chi connectivity index (χ2v) is 3.91. The van der Waals surface area contributed by atoms with Gasteiger partial charge < -0.3 is 9.47 Å². The Balaban J connectivity index is 2.90. The topological polar surface area (TPSA) is 35.5 Å².